The van der Waals surface area contributed by atoms with Crippen molar-refractivity contribution >= 4 is 0 Å². The molecule has 3 heteroatoms. The van der Waals surface area contributed by atoms with Gasteiger partial charge in [0.1, 0.15) is 0 Å². The summed E-state index contributed by atoms with van der Waals surface area (Å²) >= 11 is 0. The van der Waals surface area contributed by atoms with Crippen molar-refractivity contribution in [1.82, 2.24) is 15.2 Å². The van der Waals surface area contributed by atoms with E-state index < -0.39 is 0 Å². The number of hydrogen-bond donors (Lipinski definition) is 1. The summed E-state index contributed by atoms with van der Waals surface area (Å²) in [5.74, 6) is 0.816. The Morgan fingerprint density at radius 1 is 1.48 bits per heavy atom. The first kappa shape index (κ1) is 16.4. The second-order valence-corrected chi connectivity index (χ2v) is 6.88. The van der Waals surface area contributed by atoms with E-state index in [4.69, 9.17) is 0 Å². The lowest BCUT2D eigenvalue weighted by Crippen LogP contribution is -2.61. The minimum Gasteiger partial charge on any atom is -0.312 e. The molecule has 0 bridgehead atoms. The Labute approximate surface area is 130 Å². The molecule has 0 spiro atoms. The van der Waals surface area contributed by atoms with E-state index >= 15 is 0 Å². The number of hydrogen-bond acceptors (Lipinski definition) is 3. The van der Waals surface area contributed by atoms with Gasteiger partial charge in [0.05, 0.1) is 0 Å². The third-order valence-corrected chi connectivity index (χ3v) is 5.16. The van der Waals surface area contributed by atoms with Crippen LogP contribution < -0.4 is 5.32 Å². The van der Waals surface area contributed by atoms with Crippen LogP contribution in [0.5, 0.6) is 0 Å². The third-order valence-electron chi connectivity index (χ3n) is 5.16. The summed E-state index contributed by atoms with van der Waals surface area (Å²) in [6, 6.07) is 4.74. The van der Waals surface area contributed by atoms with Gasteiger partial charge in [-0.15, -0.1) is 0 Å². The van der Waals surface area contributed by atoms with Gasteiger partial charge in [0, 0.05) is 24.0 Å². The van der Waals surface area contributed by atoms with Gasteiger partial charge in [0.2, 0.25) is 0 Å². The van der Waals surface area contributed by atoms with E-state index in [1.165, 1.54) is 31.2 Å². The van der Waals surface area contributed by atoms with Crippen LogP contribution in [0.25, 0.3) is 0 Å². The molecule has 0 radical (unpaired) electrons. The van der Waals surface area contributed by atoms with Crippen molar-refractivity contribution in [3.05, 3.63) is 30.1 Å². The van der Waals surface area contributed by atoms with Crippen LogP contribution in [-0.2, 0) is 6.42 Å². The summed E-state index contributed by atoms with van der Waals surface area (Å²) in [4.78, 5) is 6.76. The molecular weight excluding hydrogens is 258 g/mol. The van der Waals surface area contributed by atoms with Gasteiger partial charge in [-0.3, -0.25) is 4.98 Å². The van der Waals surface area contributed by atoms with Gasteiger partial charge < -0.3 is 10.2 Å². The van der Waals surface area contributed by atoms with Gasteiger partial charge in [0.15, 0.2) is 0 Å². The third kappa shape index (κ3) is 3.83. The molecule has 3 unspecified atom stereocenters. The van der Waals surface area contributed by atoms with Gasteiger partial charge in [0.25, 0.3) is 0 Å². The molecule has 1 saturated carbocycles. The number of likely N-dealkylation sites (N-methyl/N-ethyl adjacent to an activating group) is 2. The van der Waals surface area contributed by atoms with E-state index in [0.717, 1.165) is 18.9 Å². The molecule has 3 atom stereocenters. The highest BCUT2D eigenvalue weighted by molar-refractivity contribution is 5.14. The van der Waals surface area contributed by atoms with Crippen LogP contribution >= 0.6 is 0 Å². The van der Waals surface area contributed by atoms with Crippen LogP contribution in [-0.4, -0.2) is 42.1 Å². The summed E-state index contributed by atoms with van der Waals surface area (Å²) in [6.45, 7) is 5.64. The molecule has 1 N–H and O–H groups in total. The fourth-order valence-corrected chi connectivity index (χ4v) is 4.05. The number of pyridine rings is 1. The first-order chi connectivity index (χ1) is 10.1. The molecule has 1 aromatic heterocycles. The highest BCUT2D eigenvalue weighted by Crippen LogP contribution is 2.39. The van der Waals surface area contributed by atoms with Gasteiger partial charge in [-0.05, 0) is 57.5 Å². The van der Waals surface area contributed by atoms with Crippen LogP contribution in [0.3, 0.4) is 0 Å². The average Bonchev–Trinajstić information content (AvgIpc) is 2.47. The van der Waals surface area contributed by atoms with E-state index in [0.29, 0.717) is 6.04 Å². The highest BCUT2D eigenvalue weighted by atomic mass is 15.2. The summed E-state index contributed by atoms with van der Waals surface area (Å²) in [5, 5.41) is 3.77. The molecule has 1 aliphatic carbocycles. The maximum Gasteiger partial charge on any atom is 0.0362 e. The summed E-state index contributed by atoms with van der Waals surface area (Å²) in [6.07, 6.45) is 10.2. The topological polar surface area (TPSA) is 28.2 Å². The Balaban J connectivity index is 2.24. The minimum atomic E-state index is 0.267. The molecule has 1 heterocycles. The normalized spacial score (nSPS) is 27.8. The zero-order valence-corrected chi connectivity index (χ0v) is 14.1. The van der Waals surface area contributed by atoms with Gasteiger partial charge in [-0.25, -0.2) is 0 Å². The molecular formula is C18H31N3. The molecule has 0 aliphatic heterocycles. The number of aromatic nitrogens is 1. The second kappa shape index (κ2) is 7.37. The number of nitrogens with zero attached hydrogens (tertiary/aromatic N) is 2. The maximum atomic E-state index is 4.28. The van der Waals surface area contributed by atoms with Crippen molar-refractivity contribution < 1.29 is 0 Å². The Morgan fingerprint density at radius 2 is 2.29 bits per heavy atom. The van der Waals surface area contributed by atoms with Crippen molar-refractivity contribution in [3.8, 4) is 0 Å². The van der Waals surface area contributed by atoms with E-state index in [1.54, 1.807) is 0 Å². The van der Waals surface area contributed by atoms with E-state index in [-0.39, 0.29) is 5.54 Å². The molecule has 3 nitrogen and oxygen atoms in total. The maximum absolute atomic E-state index is 4.28. The lowest BCUT2D eigenvalue weighted by Gasteiger charge is -2.50. The summed E-state index contributed by atoms with van der Waals surface area (Å²) in [7, 11) is 4.51. The first-order valence-corrected chi connectivity index (χ1v) is 8.38. The Hall–Kier alpha value is -0.930. The molecule has 1 aromatic rings. The van der Waals surface area contributed by atoms with E-state index in [9.17, 15) is 0 Å². The predicted octanol–water partition coefficient (Wildman–Crippen LogP) is 3.11. The van der Waals surface area contributed by atoms with Crippen molar-refractivity contribution in [2.45, 2.75) is 57.5 Å². The average molecular weight is 289 g/mol. The fourth-order valence-electron chi connectivity index (χ4n) is 4.05. The van der Waals surface area contributed by atoms with E-state index in [1.807, 2.05) is 18.5 Å². The monoisotopic (exact) mass is 289 g/mol. The smallest absolute Gasteiger partial charge is 0.0362 e. The zero-order valence-electron chi connectivity index (χ0n) is 14.1. The Kier molecular flexibility index (Phi) is 5.77. The van der Waals surface area contributed by atoms with Crippen LogP contribution in [0.2, 0.25) is 0 Å². The summed E-state index contributed by atoms with van der Waals surface area (Å²) in [5.41, 5.74) is 1.60. The fraction of sp³-hybridized carbons (Fsp3) is 0.722. The van der Waals surface area contributed by atoms with Gasteiger partial charge >= 0.3 is 0 Å². The van der Waals surface area contributed by atoms with Crippen LogP contribution in [0.4, 0.5) is 0 Å². The Bertz CT molecular complexity index is 418. The largest absolute Gasteiger partial charge is 0.312 e. The van der Waals surface area contributed by atoms with Crippen molar-refractivity contribution in [3.63, 3.8) is 0 Å². The lowest BCUT2D eigenvalue weighted by atomic mass is 9.70. The first-order valence-electron chi connectivity index (χ1n) is 8.38. The molecule has 2 rings (SSSR count). The predicted molar refractivity (Wildman–Crippen MR) is 89.5 cm³/mol. The van der Waals surface area contributed by atoms with Crippen LogP contribution in [0.15, 0.2) is 24.5 Å². The highest BCUT2D eigenvalue weighted by Gasteiger charge is 2.43. The van der Waals surface area contributed by atoms with Gasteiger partial charge in [-0.1, -0.05) is 32.8 Å². The molecule has 0 amide bonds. The summed E-state index contributed by atoms with van der Waals surface area (Å²) < 4.78 is 0. The zero-order chi connectivity index (χ0) is 15.3. The quantitative estimate of drug-likeness (QED) is 0.872. The van der Waals surface area contributed by atoms with Gasteiger partial charge in [-0.2, -0.15) is 0 Å². The second-order valence-electron chi connectivity index (χ2n) is 6.88. The Morgan fingerprint density at radius 3 is 2.86 bits per heavy atom. The molecule has 1 fully saturated rings. The SMILES string of the molecule is CCNC(Cc1cccnc1)C1(N(C)C)CCCC(C)C1. The van der Waals surface area contributed by atoms with Crippen molar-refractivity contribution in [1.29, 1.82) is 0 Å². The van der Waals surface area contributed by atoms with Crippen molar-refractivity contribution in [2.75, 3.05) is 20.6 Å². The van der Waals surface area contributed by atoms with Crippen molar-refractivity contribution in [2.24, 2.45) is 5.92 Å². The lowest BCUT2D eigenvalue weighted by molar-refractivity contribution is 0.0378. The molecule has 118 valence electrons. The van der Waals surface area contributed by atoms with Crippen LogP contribution in [0, 0.1) is 5.92 Å². The standard InChI is InChI=1S/C18H31N3/c1-5-20-17(12-16-9-7-11-19-14-16)18(21(3)4)10-6-8-15(2)13-18/h7,9,11,14-15,17,20H,5-6,8,10,12-13H2,1-4H3. The number of nitrogens with one attached hydrogen (secondary N) is 1. The molecule has 21 heavy (non-hydrogen) atoms. The molecule has 1 aliphatic rings. The minimum absolute atomic E-state index is 0.267. The van der Waals surface area contributed by atoms with Crippen LogP contribution in [0.1, 0.15) is 45.1 Å². The molecule has 0 aromatic carbocycles. The van der Waals surface area contributed by atoms with E-state index in [2.05, 4.69) is 49.2 Å². The molecule has 0 saturated heterocycles. The number of rotatable bonds is 6.